The molecule has 0 aliphatic carbocycles. The number of carbonyl (C=O) groups is 3. The highest BCUT2D eigenvalue weighted by atomic mass is 32.2. The van der Waals surface area contributed by atoms with E-state index in [4.69, 9.17) is 4.74 Å². The number of hydrogen-bond donors (Lipinski definition) is 1. The molecule has 0 bridgehead atoms. The predicted molar refractivity (Wildman–Crippen MR) is 121 cm³/mol. The Hall–Kier alpha value is -3.04. The van der Waals surface area contributed by atoms with Gasteiger partial charge in [0.2, 0.25) is 10.0 Å². The van der Waals surface area contributed by atoms with Gasteiger partial charge in [-0.05, 0) is 25.1 Å². The molecule has 9 heteroatoms. The zero-order chi connectivity index (χ0) is 23.7. The van der Waals surface area contributed by atoms with Gasteiger partial charge in [0.15, 0.2) is 12.4 Å². The fraction of sp³-hybridized carbons (Fsp3) is 0.348. The van der Waals surface area contributed by atoms with E-state index >= 15 is 0 Å². The topological polar surface area (TPSA) is 110 Å². The Bertz CT molecular complexity index is 1060. The summed E-state index contributed by atoms with van der Waals surface area (Å²) in [5.74, 6) is -1.46. The lowest BCUT2D eigenvalue weighted by Gasteiger charge is -2.18. The summed E-state index contributed by atoms with van der Waals surface area (Å²) in [5.41, 5.74) is 1.82. The van der Waals surface area contributed by atoms with Gasteiger partial charge in [-0.1, -0.05) is 49.7 Å². The van der Waals surface area contributed by atoms with Gasteiger partial charge in [0, 0.05) is 30.8 Å². The van der Waals surface area contributed by atoms with E-state index in [0.29, 0.717) is 18.7 Å². The van der Waals surface area contributed by atoms with Crippen molar-refractivity contribution in [1.29, 1.82) is 0 Å². The molecule has 1 amide bonds. The molecular formula is C23H28N2O6S. The molecule has 172 valence electrons. The van der Waals surface area contributed by atoms with Crippen LogP contribution in [0.3, 0.4) is 0 Å². The fourth-order valence-electron chi connectivity index (χ4n) is 2.96. The third kappa shape index (κ3) is 7.00. The quantitative estimate of drug-likeness (QED) is 0.407. The van der Waals surface area contributed by atoms with Crippen molar-refractivity contribution < 1.29 is 27.5 Å². The molecule has 0 unspecified atom stereocenters. The van der Waals surface area contributed by atoms with Crippen molar-refractivity contribution >= 4 is 33.4 Å². The Morgan fingerprint density at radius 3 is 2.25 bits per heavy atom. The molecule has 0 heterocycles. The second-order valence-corrected chi connectivity index (χ2v) is 9.05. The zero-order valence-corrected chi connectivity index (χ0v) is 19.3. The average Bonchev–Trinajstić information content (AvgIpc) is 2.77. The third-order valence-corrected chi connectivity index (χ3v) is 6.80. The minimum Gasteiger partial charge on any atom is -0.456 e. The van der Waals surface area contributed by atoms with Gasteiger partial charge < -0.3 is 10.1 Å². The van der Waals surface area contributed by atoms with Crippen LogP contribution in [0.2, 0.25) is 0 Å². The molecule has 0 spiro atoms. The Balaban J connectivity index is 1.85. The van der Waals surface area contributed by atoms with E-state index in [1.807, 2.05) is 19.1 Å². The van der Waals surface area contributed by atoms with Crippen molar-refractivity contribution in [3.63, 3.8) is 0 Å². The molecular weight excluding hydrogens is 432 g/mol. The fourth-order valence-corrected chi connectivity index (χ4v) is 4.47. The summed E-state index contributed by atoms with van der Waals surface area (Å²) in [6.45, 7) is 5.53. The monoisotopic (exact) mass is 460 g/mol. The lowest BCUT2D eigenvalue weighted by molar-refractivity contribution is -0.147. The number of nitrogens with one attached hydrogen (secondary N) is 1. The number of anilines is 1. The van der Waals surface area contributed by atoms with E-state index in [9.17, 15) is 22.8 Å². The first kappa shape index (κ1) is 25.2. The van der Waals surface area contributed by atoms with Crippen molar-refractivity contribution in [2.24, 2.45) is 0 Å². The highest BCUT2D eigenvalue weighted by molar-refractivity contribution is 7.89. The van der Waals surface area contributed by atoms with Crippen molar-refractivity contribution in [2.45, 2.75) is 38.5 Å². The van der Waals surface area contributed by atoms with Crippen LogP contribution in [-0.4, -0.2) is 50.1 Å². The Kier molecular flexibility index (Phi) is 9.10. The van der Waals surface area contributed by atoms with Gasteiger partial charge in [-0.25, -0.2) is 8.42 Å². The summed E-state index contributed by atoms with van der Waals surface area (Å²) in [6, 6.07) is 12.9. The maximum Gasteiger partial charge on any atom is 0.306 e. The number of amides is 1. The van der Waals surface area contributed by atoms with Crippen LogP contribution in [-0.2, 0) is 24.3 Å². The smallest absolute Gasteiger partial charge is 0.306 e. The molecule has 0 aliphatic rings. The summed E-state index contributed by atoms with van der Waals surface area (Å²) in [7, 11) is -3.66. The molecule has 0 radical (unpaired) electrons. The van der Waals surface area contributed by atoms with Gasteiger partial charge in [0.25, 0.3) is 5.91 Å². The van der Waals surface area contributed by atoms with Gasteiger partial charge in [-0.2, -0.15) is 4.31 Å². The largest absolute Gasteiger partial charge is 0.456 e. The number of aryl methyl sites for hydroxylation is 1. The van der Waals surface area contributed by atoms with Crippen LogP contribution in [0.25, 0.3) is 0 Å². The Morgan fingerprint density at radius 1 is 0.969 bits per heavy atom. The number of ketones is 1. The van der Waals surface area contributed by atoms with E-state index in [1.165, 1.54) is 22.5 Å². The van der Waals surface area contributed by atoms with E-state index in [0.717, 1.165) is 5.56 Å². The number of esters is 1. The molecule has 0 aromatic heterocycles. The number of rotatable bonds is 11. The van der Waals surface area contributed by atoms with Crippen LogP contribution in [0.15, 0.2) is 53.4 Å². The molecule has 1 N–H and O–H groups in total. The molecule has 0 saturated heterocycles. The third-order valence-electron chi connectivity index (χ3n) is 4.75. The zero-order valence-electron chi connectivity index (χ0n) is 18.5. The first-order valence-corrected chi connectivity index (χ1v) is 11.8. The standard InChI is InChI=1S/C23H28N2O6S/c1-4-25(5-2)32(29,30)20-8-6-7-19(15-20)24-22(27)16-31-23(28)14-13-21(26)18-11-9-17(3)10-12-18/h6-12,15H,4-5,13-14,16H2,1-3H3,(H,24,27). The van der Waals surface area contributed by atoms with Crippen molar-refractivity contribution in [1.82, 2.24) is 4.31 Å². The molecule has 0 saturated carbocycles. The number of nitrogens with zero attached hydrogens (tertiary/aromatic N) is 1. The van der Waals surface area contributed by atoms with Crippen molar-refractivity contribution in [3.8, 4) is 0 Å². The molecule has 0 aliphatic heterocycles. The molecule has 32 heavy (non-hydrogen) atoms. The van der Waals surface area contributed by atoms with Crippen LogP contribution in [0, 0.1) is 6.92 Å². The summed E-state index contributed by atoms with van der Waals surface area (Å²) >= 11 is 0. The Labute approximate surface area is 188 Å². The highest BCUT2D eigenvalue weighted by Crippen LogP contribution is 2.19. The lowest BCUT2D eigenvalue weighted by atomic mass is 10.1. The van der Waals surface area contributed by atoms with Gasteiger partial charge in [0.05, 0.1) is 11.3 Å². The molecule has 2 aromatic carbocycles. The predicted octanol–water partition coefficient (Wildman–Crippen LogP) is 3.17. The summed E-state index contributed by atoms with van der Waals surface area (Å²) in [4.78, 5) is 36.1. The normalized spacial score (nSPS) is 11.2. The molecule has 2 rings (SSSR count). The average molecular weight is 461 g/mol. The van der Waals surface area contributed by atoms with E-state index < -0.39 is 28.5 Å². The minimum absolute atomic E-state index is 0.0191. The van der Waals surface area contributed by atoms with Crippen molar-refractivity contribution in [3.05, 3.63) is 59.7 Å². The molecule has 0 fully saturated rings. The van der Waals surface area contributed by atoms with E-state index in [-0.39, 0.29) is 29.2 Å². The van der Waals surface area contributed by atoms with Crippen LogP contribution in [0.1, 0.15) is 42.6 Å². The number of benzene rings is 2. The van der Waals surface area contributed by atoms with E-state index in [2.05, 4.69) is 5.32 Å². The van der Waals surface area contributed by atoms with Crippen LogP contribution in [0.5, 0.6) is 0 Å². The number of carbonyl (C=O) groups excluding carboxylic acids is 3. The van der Waals surface area contributed by atoms with Crippen LogP contribution in [0.4, 0.5) is 5.69 Å². The maximum atomic E-state index is 12.6. The van der Waals surface area contributed by atoms with Crippen molar-refractivity contribution in [2.75, 3.05) is 25.0 Å². The minimum atomic E-state index is -3.66. The van der Waals surface area contributed by atoms with Gasteiger partial charge in [-0.15, -0.1) is 0 Å². The van der Waals surface area contributed by atoms with Gasteiger partial charge >= 0.3 is 5.97 Å². The second kappa shape index (κ2) is 11.5. The number of ether oxygens (including phenoxy) is 1. The number of sulfonamides is 1. The lowest BCUT2D eigenvalue weighted by Crippen LogP contribution is -2.30. The molecule has 8 nitrogen and oxygen atoms in total. The second-order valence-electron chi connectivity index (χ2n) is 7.12. The van der Waals surface area contributed by atoms with Crippen LogP contribution >= 0.6 is 0 Å². The first-order valence-electron chi connectivity index (χ1n) is 10.3. The summed E-state index contributed by atoms with van der Waals surface area (Å²) < 4.78 is 31.5. The highest BCUT2D eigenvalue weighted by Gasteiger charge is 2.22. The summed E-state index contributed by atoms with van der Waals surface area (Å²) in [6.07, 6.45) is -0.160. The number of hydrogen-bond acceptors (Lipinski definition) is 6. The first-order chi connectivity index (χ1) is 15.2. The van der Waals surface area contributed by atoms with Gasteiger partial charge in [0.1, 0.15) is 0 Å². The van der Waals surface area contributed by atoms with Crippen LogP contribution < -0.4 is 5.32 Å². The molecule has 0 atom stereocenters. The van der Waals surface area contributed by atoms with E-state index in [1.54, 1.807) is 32.0 Å². The SMILES string of the molecule is CCN(CC)S(=O)(=O)c1cccc(NC(=O)COC(=O)CCC(=O)c2ccc(C)cc2)c1. The van der Waals surface area contributed by atoms with Gasteiger partial charge in [-0.3, -0.25) is 14.4 Å². The molecule has 2 aromatic rings. The maximum absolute atomic E-state index is 12.6. The summed E-state index contributed by atoms with van der Waals surface area (Å²) in [5, 5.41) is 2.51. The number of Topliss-reactive ketones (excluding diaryl/α,β-unsaturated/α-hetero) is 1. The Morgan fingerprint density at radius 2 is 1.62 bits per heavy atom.